The van der Waals surface area contributed by atoms with Gasteiger partial charge in [0, 0.05) is 22.3 Å². The fraction of sp³-hybridized carbons (Fsp3) is 0.350. The molecule has 128 valence electrons. The first-order valence-electron chi connectivity index (χ1n) is 8.28. The van der Waals surface area contributed by atoms with Gasteiger partial charge in [-0.25, -0.2) is 0 Å². The van der Waals surface area contributed by atoms with Crippen LogP contribution in [0, 0.1) is 5.92 Å². The van der Waals surface area contributed by atoms with E-state index < -0.39 is 0 Å². The van der Waals surface area contributed by atoms with Crippen molar-refractivity contribution in [3.8, 4) is 5.75 Å². The molecule has 0 fully saturated rings. The summed E-state index contributed by atoms with van der Waals surface area (Å²) in [6, 6.07) is 17.7. The van der Waals surface area contributed by atoms with Gasteiger partial charge < -0.3 is 10.1 Å². The summed E-state index contributed by atoms with van der Waals surface area (Å²) in [5, 5.41) is 3.00. The van der Waals surface area contributed by atoms with E-state index in [-0.39, 0.29) is 11.9 Å². The van der Waals surface area contributed by atoms with Crippen LogP contribution >= 0.6 is 11.8 Å². The summed E-state index contributed by atoms with van der Waals surface area (Å²) < 4.78 is 5.73. The number of ether oxygens (including phenoxy) is 1. The summed E-state index contributed by atoms with van der Waals surface area (Å²) in [7, 11) is 0. The smallest absolute Gasteiger partial charge is 0.251 e. The topological polar surface area (TPSA) is 38.3 Å². The number of benzene rings is 2. The fourth-order valence-electron chi connectivity index (χ4n) is 2.00. The zero-order valence-corrected chi connectivity index (χ0v) is 15.3. The van der Waals surface area contributed by atoms with Crippen molar-refractivity contribution < 1.29 is 9.53 Å². The van der Waals surface area contributed by atoms with Crippen LogP contribution in [-0.4, -0.2) is 24.3 Å². The lowest BCUT2D eigenvalue weighted by Crippen LogP contribution is -2.36. The molecule has 0 aliphatic rings. The summed E-state index contributed by atoms with van der Waals surface area (Å²) >= 11 is 1.77. The van der Waals surface area contributed by atoms with E-state index in [9.17, 15) is 4.79 Å². The third-order valence-electron chi connectivity index (χ3n) is 3.84. The van der Waals surface area contributed by atoms with E-state index in [0.717, 1.165) is 11.5 Å². The molecule has 1 unspecified atom stereocenters. The van der Waals surface area contributed by atoms with Crippen molar-refractivity contribution in [3.05, 3.63) is 60.2 Å². The van der Waals surface area contributed by atoms with Gasteiger partial charge in [0.15, 0.2) is 0 Å². The molecule has 0 aromatic heterocycles. The van der Waals surface area contributed by atoms with E-state index in [4.69, 9.17) is 4.74 Å². The Hall–Kier alpha value is -1.94. The Morgan fingerprint density at radius 2 is 1.71 bits per heavy atom. The Morgan fingerprint density at radius 1 is 1.04 bits per heavy atom. The number of carbonyl (C=O) groups excluding carboxylic acids is 1. The number of carbonyl (C=O) groups is 1. The van der Waals surface area contributed by atoms with Crippen LogP contribution in [0.1, 0.15) is 31.1 Å². The second-order valence-electron chi connectivity index (χ2n) is 6.04. The van der Waals surface area contributed by atoms with Crippen LogP contribution in [0.15, 0.2) is 59.5 Å². The van der Waals surface area contributed by atoms with Gasteiger partial charge in [0.25, 0.3) is 5.91 Å². The van der Waals surface area contributed by atoms with E-state index in [1.807, 2.05) is 49.4 Å². The highest BCUT2D eigenvalue weighted by molar-refractivity contribution is 7.99. The average molecular weight is 343 g/mol. The molecule has 2 aromatic rings. The predicted molar refractivity (Wildman–Crippen MR) is 101 cm³/mol. The van der Waals surface area contributed by atoms with E-state index in [1.165, 1.54) is 4.90 Å². The van der Waals surface area contributed by atoms with Crippen LogP contribution in [-0.2, 0) is 0 Å². The molecule has 1 N–H and O–H groups in total. The van der Waals surface area contributed by atoms with Gasteiger partial charge in [-0.1, -0.05) is 32.0 Å². The van der Waals surface area contributed by atoms with Crippen molar-refractivity contribution in [2.75, 3.05) is 12.4 Å². The van der Waals surface area contributed by atoms with Gasteiger partial charge in [0.2, 0.25) is 0 Å². The maximum atomic E-state index is 12.1. The van der Waals surface area contributed by atoms with Crippen molar-refractivity contribution in [1.82, 2.24) is 5.32 Å². The normalized spacial score (nSPS) is 12.0. The molecule has 0 spiro atoms. The van der Waals surface area contributed by atoms with Gasteiger partial charge in [-0.15, -0.1) is 11.8 Å². The molecule has 0 saturated heterocycles. The van der Waals surface area contributed by atoms with Gasteiger partial charge in [0.1, 0.15) is 5.75 Å². The minimum absolute atomic E-state index is 0.0395. The third-order valence-corrected chi connectivity index (χ3v) is 4.82. The second kappa shape index (κ2) is 9.38. The van der Waals surface area contributed by atoms with Gasteiger partial charge in [-0.05, 0) is 49.2 Å². The average Bonchev–Trinajstić information content (AvgIpc) is 2.60. The Kier molecular flexibility index (Phi) is 7.19. The van der Waals surface area contributed by atoms with Crippen molar-refractivity contribution in [3.63, 3.8) is 0 Å². The molecule has 1 amide bonds. The standard InChI is InChI=1S/C20H25NO2S/c1-15(2)16(3)21-20(22)17-9-11-18(12-10-17)23-13-14-24-19-7-5-4-6-8-19/h4-12,15-16H,13-14H2,1-3H3,(H,21,22). The van der Waals surface area contributed by atoms with Crippen LogP contribution in [0.2, 0.25) is 0 Å². The Balaban J connectivity index is 1.76. The maximum absolute atomic E-state index is 12.1. The minimum atomic E-state index is -0.0395. The molecule has 2 rings (SSSR count). The number of thioether (sulfide) groups is 1. The highest BCUT2D eigenvalue weighted by Crippen LogP contribution is 2.18. The molecule has 0 radical (unpaired) electrons. The van der Waals surface area contributed by atoms with Crippen LogP contribution in [0.5, 0.6) is 5.75 Å². The zero-order valence-electron chi connectivity index (χ0n) is 14.5. The van der Waals surface area contributed by atoms with Crippen LogP contribution in [0.4, 0.5) is 0 Å². The quantitative estimate of drug-likeness (QED) is 0.561. The maximum Gasteiger partial charge on any atom is 0.251 e. The molecule has 1 atom stereocenters. The number of hydrogen-bond donors (Lipinski definition) is 1. The number of rotatable bonds is 8. The largest absolute Gasteiger partial charge is 0.493 e. The van der Waals surface area contributed by atoms with Gasteiger partial charge in [-0.3, -0.25) is 4.79 Å². The number of hydrogen-bond acceptors (Lipinski definition) is 3. The van der Waals surface area contributed by atoms with Crippen molar-refractivity contribution in [2.45, 2.75) is 31.7 Å². The Bertz CT molecular complexity index is 626. The Morgan fingerprint density at radius 3 is 2.33 bits per heavy atom. The highest BCUT2D eigenvalue weighted by atomic mass is 32.2. The number of amides is 1. The van der Waals surface area contributed by atoms with Gasteiger partial charge in [-0.2, -0.15) is 0 Å². The molecule has 0 aliphatic carbocycles. The molecule has 0 heterocycles. The Labute approximate surface area is 148 Å². The first-order valence-corrected chi connectivity index (χ1v) is 9.26. The predicted octanol–water partition coefficient (Wildman–Crippen LogP) is 4.63. The molecule has 0 bridgehead atoms. The molecule has 24 heavy (non-hydrogen) atoms. The van der Waals surface area contributed by atoms with Crippen LogP contribution in [0.25, 0.3) is 0 Å². The van der Waals surface area contributed by atoms with Crippen molar-refractivity contribution in [1.29, 1.82) is 0 Å². The van der Waals surface area contributed by atoms with Crippen LogP contribution in [0.3, 0.4) is 0 Å². The first kappa shape index (κ1) is 18.4. The minimum Gasteiger partial charge on any atom is -0.493 e. The fourth-order valence-corrected chi connectivity index (χ4v) is 2.75. The molecule has 0 aliphatic heterocycles. The monoisotopic (exact) mass is 343 g/mol. The van der Waals surface area contributed by atoms with Crippen LogP contribution < -0.4 is 10.1 Å². The summed E-state index contributed by atoms with van der Waals surface area (Å²) in [4.78, 5) is 13.4. The van der Waals surface area contributed by atoms with E-state index in [1.54, 1.807) is 11.8 Å². The molecule has 2 aromatic carbocycles. The van der Waals surface area contributed by atoms with Gasteiger partial charge in [0.05, 0.1) is 6.61 Å². The van der Waals surface area contributed by atoms with Crippen molar-refractivity contribution >= 4 is 17.7 Å². The molecule has 4 heteroatoms. The summed E-state index contributed by atoms with van der Waals surface area (Å²) in [6.45, 7) is 6.84. The van der Waals surface area contributed by atoms with E-state index in [2.05, 4.69) is 31.3 Å². The van der Waals surface area contributed by atoms with E-state index in [0.29, 0.717) is 18.1 Å². The second-order valence-corrected chi connectivity index (χ2v) is 7.21. The summed E-state index contributed by atoms with van der Waals surface area (Å²) in [5.74, 6) is 2.05. The summed E-state index contributed by atoms with van der Waals surface area (Å²) in [6.07, 6.45) is 0. The lowest BCUT2D eigenvalue weighted by Gasteiger charge is -2.17. The number of nitrogens with one attached hydrogen (secondary N) is 1. The first-order chi connectivity index (χ1) is 11.6. The van der Waals surface area contributed by atoms with E-state index >= 15 is 0 Å². The lowest BCUT2D eigenvalue weighted by molar-refractivity contribution is 0.0930. The van der Waals surface area contributed by atoms with Crippen molar-refractivity contribution in [2.24, 2.45) is 5.92 Å². The molecular weight excluding hydrogens is 318 g/mol. The SMILES string of the molecule is CC(C)C(C)NC(=O)c1ccc(OCCSc2ccccc2)cc1. The molecule has 3 nitrogen and oxygen atoms in total. The third kappa shape index (κ3) is 5.93. The highest BCUT2D eigenvalue weighted by Gasteiger charge is 2.12. The molecule has 0 saturated carbocycles. The zero-order chi connectivity index (χ0) is 17.4. The summed E-state index contributed by atoms with van der Waals surface area (Å²) in [5.41, 5.74) is 0.661. The van der Waals surface area contributed by atoms with Gasteiger partial charge >= 0.3 is 0 Å². The lowest BCUT2D eigenvalue weighted by atomic mass is 10.1. The molecular formula is C20H25NO2S.